The van der Waals surface area contributed by atoms with Gasteiger partial charge in [0.25, 0.3) is 0 Å². The minimum atomic E-state index is -0.978. The van der Waals surface area contributed by atoms with Crippen LogP contribution in [0, 0.1) is 0 Å². The largest absolute Gasteiger partial charge is 0.477 e. The highest BCUT2D eigenvalue weighted by molar-refractivity contribution is 5.94. The normalized spacial score (nSPS) is 20.4. The van der Waals surface area contributed by atoms with Crippen molar-refractivity contribution in [2.45, 2.75) is 19.3 Å². The van der Waals surface area contributed by atoms with Gasteiger partial charge in [-0.3, -0.25) is 4.79 Å². The van der Waals surface area contributed by atoms with Crippen molar-refractivity contribution >= 4 is 11.8 Å². The van der Waals surface area contributed by atoms with Gasteiger partial charge in [0.15, 0.2) is 0 Å². The first-order chi connectivity index (χ1) is 6.09. The van der Waals surface area contributed by atoms with Gasteiger partial charge in [-0.1, -0.05) is 6.92 Å². The molecule has 0 bridgehead atoms. The zero-order valence-electron chi connectivity index (χ0n) is 7.13. The summed E-state index contributed by atoms with van der Waals surface area (Å²) < 4.78 is 0. The molecule has 0 radical (unpaired) electrons. The Balaban J connectivity index is 2.45. The Morgan fingerprint density at radius 3 is 2.92 bits per heavy atom. The summed E-state index contributed by atoms with van der Waals surface area (Å²) in [5, 5.41) is 8.68. The second-order valence-electron chi connectivity index (χ2n) is 3.29. The van der Waals surface area contributed by atoms with E-state index in [4.69, 9.17) is 5.11 Å². The summed E-state index contributed by atoms with van der Waals surface area (Å²) in [6, 6.07) is 1.55. The first kappa shape index (κ1) is 8.04. The predicted molar refractivity (Wildman–Crippen MR) is 44.9 cm³/mol. The second-order valence-corrected chi connectivity index (χ2v) is 3.29. The van der Waals surface area contributed by atoms with Crippen molar-refractivity contribution in [2.24, 2.45) is 0 Å². The summed E-state index contributed by atoms with van der Waals surface area (Å²) in [5.74, 6) is -0.980. The van der Waals surface area contributed by atoms with Crippen LogP contribution in [0.15, 0.2) is 6.07 Å². The third kappa shape index (κ3) is 1.06. The van der Waals surface area contributed by atoms with Crippen LogP contribution in [0.4, 0.5) is 0 Å². The third-order valence-electron chi connectivity index (χ3n) is 2.46. The SMILES string of the molecule is C[C@H]1C(=O)Cc2[nH]c(C(=O)O)cc21. The Morgan fingerprint density at radius 2 is 2.38 bits per heavy atom. The smallest absolute Gasteiger partial charge is 0.352 e. The lowest BCUT2D eigenvalue weighted by Gasteiger charge is -1.96. The van der Waals surface area contributed by atoms with E-state index in [0.29, 0.717) is 6.42 Å². The molecule has 1 aliphatic carbocycles. The van der Waals surface area contributed by atoms with Crippen molar-refractivity contribution in [1.29, 1.82) is 0 Å². The highest BCUT2D eigenvalue weighted by Crippen LogP contribution is 2.30. The van der Waals surface area contributed by atoms with E-state index in [1.54, 1.807) is 13.0 Å². The number of carbonyl (C=O) groups excluding carboxylic acids is 1. The molecular formula is C9H9NO3. The molecule has 68 valence electrons. The van der Waals surface area contributed by atoms with Gasteiger partial charge in [0.05, 0.1) is 0 Å². The Labute approximate surface area is 74.6 Å². The number of ketones is 1. The number of Topliss-reactive ketones (excluding diaryl/α,β-unsaturated/α-hetero) is 1. The molecule has 1 heterocycles. The fourth-order valence-corrected chi connectivity index (χ4v) is 1.66. The Morgan fingerprint density at radius 1 is 1.69 bits per heavy atom. The van der Waals surface area contributed by atoms with Crippen molar-refractivity contribution < 1.29 is 14.7 Å². The minimum Gasteiger partial charge on any atom is -0.477 e. The molecule has 0 spiro atoms. The molecule has 1 aromatic heterocycles. The van der Waals surface area contributed by atoms with Crippen molar-refractivity contribution in [1.82, 2.24) is 4.98 Å². The molecule has 0 aromatic carbocycles. The van der Waals surface area contributed by atoms with Gasteiger partial charge in [-0.2, -0.15) is 0 Å². The lowest BCUT2D eigenvalue weighted by atomic mass is 10.1. The van der Waals surface area contributed by atoms with Gasteiger partial charge in [-0.05, 0) is 11.6 Å². The topological polar surface area (TPSA) is 70.2 Å². The first-order valence-electron chi connectivity index (χ1n) is 4.07. The summed E-state index contributed by atoms with van der Waals surface area (Å²) >= 11 is 0. The summed E-state index contributed by atoms with van der Waals surface area (Å²) in [6.07, 6.45) is 0.337. The van der Waals surface area contributed by atoms with Crippen molar-refractivity contribution in [2.75, 3.05) is 0 Å². The highest BCUT2D eigenvalue weighted by atomic mass is 16.4. The number of hydrogen-bond donors (Lipinski definition) is 2. The number of carboxylic acids is 1. The molecule has 0 aliphatic heterocycles. The second kappa shape index (κ2) is 2.45. The number of aromatic nitrogens is 1. The molecule has 4 nitrogen and oxygen atoms in total. The summed E-state index contributed by atoms with van der Waals surface area (Å²) in [4.78, 5) is 24.5. The molecule has 2 rings (SSSR count). The fraction of sp³-hybridized carbons (Fsp3) is 0.333. The van der Waals surface area contributed by atoms with Crippen molar-refractivity contribution in [3.05, 3.63) is 23.0 Å². The number of nitrogens with one attached hydrogen (secondary N) is 1. The number of hydrogen-bond acceptors (Lipinski definition) is 2. The molecule has 1 aromatic rings. The maximum Gasteiger partial charge on any atom is 0.352 e. The van der Waals surface area contributed by atoms with Gasteiger partial charge in [0.1, 0.15) is 11.5 Å². The van der Waals surface area contributed by atoms with Gasteiger partial charge in [-0.15, -0.1) is 0 Å². The Kier molecular flexibility index (Phi) is 1.52. The van der Waals surface area contributed by atoms with Crippen molar-refractivity contribution in [3.8, 4) is 0 Å². The summed E-state index contributed by atoms with van der Waals surface area (Å²) in [5.41, 5.74) is 1.77. The van der Waals surface area contributed by atoms with Crippen LogP contribution in [0.25, 0.3) is 0 Å². The summed E-state index contributed by atoms with van der Waals surface area (Å²) in [7, 11) is 0. The number of aromatic amines is 1. The van der Waals surface area contributed by atoms with E-state index >= 15 is 0 Å². The van der Waals surface area contributed by atoms with Gasteiger partial charge in [-0.25, -0.2) is 4.79 Å². The quantitative estimate of drug-likeness (QED) is 0.674. The minimum absolute atomic E-state index is 0.151. The van der Waals surface area contributed by atoms with Crippen LogP contribution in [0.5, 0.6) is 0 Å². The van der Waals surface area contributed by atoms with Crippen LogP contribution >= 0.6 is 0 Å². The molecule has 2 N–H and O–H groups in total. The number of H-pyrrole nitrogens is 1. The standard InChI is InChI=1S/C9H9NO3/c1-4-5-2-7(9(12)13)10-6(5)3-8(4)11/h2,4,10H,3H2,1H3,(H,12,13)/t4-/m1/s1. The zero-order chi connectivity index (χ0) is 9.59. The lowest BCUT2D eigenvalue weighted by Crippen LogP contribution is -2.03. The molecule has 1 aliphatic rings. The van der Waals surface area contributed by atoms with Crippen LogP contribution in [-0.2, 0) is 11.2 Å². The number of rotatable bonds is 1. The highest BCUT2D eigenvalue weighted by Gasteiger charge is 2.29. The van der Waals surface area contributed by atoms with Crippen molar-refractivity contribution in [3.63, 3.8) is 0 Å². The first-order valence-corrected chi connectivity index (χ1v) is 4.07. The fourth-order valence-electron chi connectivity index (χ4n) is 1.66. The summed E-state index contributed by atoms with van der Waals surface area (Å²) in [6.45, 7) is 1.80. The predicted octanol–water partition coefficient (Wildman–Crippen LogP) is 0.942. The Hall–Kier alpha value is -1.58. The van der Waals surface area contributed by atoms with Crippen LogP contribution in [-0.4, -0.2) is 21.8 Å². The zero-order valence-corrected chi connectivity index (χ0v) is 7.13. The van der Waals surface area contributed by atoms with E-state index in [9.17, 15) is 9.59 Å². The Bertz CT molecular complexity index is 392. The van der Waals surface area contributed by atoms with E-state index in [0.717, 1.165) is 11.3 Å². The van der Waals surface area contributed by atoms with Crippen LogP contribution < -0.4 is 0 Å². The molecule has 0 amide bonds. The monoisotopic (exact) mass is 179 g/mol. The van der Waals surface area contributed by atoms with Gasteiger partial charge in [0.2, 0.25) is 0 Å². The maximum absolute atomic E-state index is 11.2. The van der Waals surface area contributed by atoms with Crippen LogP contribution in [0.1, 0.15) is 34.6 Å². The lowest BCUT2D eigenvalue weighted by molar-refractivity contribution is -0.118. The van der Waals surface area contributed by atoms with Gasteiger partial charge < -0.3 is 10.1 Å². The van der Waals surface area contributed by atoms with E-state index in [-0.39, 0.29) is 17.4 Å². The molecule has 4 heteroatoms. The third-order valence-corrected chi connectivity index (χ3v) is 2.46. The number of carbonyl (C=O) groups is 2. The molecule has 13 heavy (non-hydrogen) atoms. The van der Waals surface area contributed by atoms with Crippen LogP contribution in [0.3, 0.4) is 0 Å². The molecule has 0 unspecified atom stereocenters. The molecule has 1 atom stereocenters. The van der Waals surface area contributed by atoms with E-state index in [1.807, 2.05) is 0 Å². The number of aromatic carboxylic acids is 1. The number of carboxylic acid groups (broad SMARTS) is 1. The van der Waals surface area contributed by atoms with Crippen LogP contribution in [0.2, 0.25) is 0 Å². The van der Waals surface area contributed by atoms with E-state index in [1.165, 1.54) is 0 Å². The average molecular weight is 179 g/mol. The van der Waals surface area contributed by atoms with E-state index < -0.39 is 5.97 Å². The van der Waals surface area contributed by atoms with E-state index in [2.05, 4.69) is 4.98 Å². The van der Waals surface area contributed by atoms with Gasteiger partial charge >= 0.3 is 5.97 Å². The molecule has 0 saturated carbocycles. The maximum atomic E-state index is 11.2. The molecular weight excluding hydrogens is 170 g/mol. The average Bonchev–Trinajstić information content (AvgIpc) is 2.55. The molecule has 0 saturated heterocycles. The molecule has 0 fully saturated rings. The van der Waals surface area contributed by atoms with Gasteiger partial charge in [0, 0.05) is 18.0 Å². The number of fused-ring (bicyclic) bond motifs is 1.